The largest absolute Gasteiger partial charge is 0.444 e. The number of amides is 1. The zero-order valence-corrected chi connectivity index (χ0v) is 12.8. The summed E-state index contributed by atoms with van der Waals surface area (Å²) in [6.07, 6.45) is 0.771. The van der Waals surface area contributed by atoms with Crippen molar-refractivity contribution in [2.45, 2.75) is 58.7 Å². The Bertz CT molecular complexity index is 326. The second-order valence-corrected chi connectivity index (χ2v) is 7.09. The van der Waals surface area contributed by atoms with Crippen molar-refractivity contribution in [3.05, 3.63) is 0 Å². The molecule has 0 aromatic heterocycles. The number of nitrogens with two attached hydrogens (primary N) is 1. The van der Waals surface area contributed by atoms with E-state index in [9.17, 15) is 9.90 Å². The van der Waals surface area contributed by atoms with Crippen LogP contribution in [0.3, 0.4) is 0 Å². The van der Waals surface area contributed by atoms with E-state index in [1.807, 2.05) is 34.6 Å². The van der Waals surface area contributed by atoms with Gasteiger partial charge in [0.1, 0.15) is 5.60 Å². The van der Waals surface area contributed by atoms with Crippen LogP contribution in [0.4, 0.5) is 4.79 Å². The Morgan fingerprint density at radius 2 is 1.74 bits per heavy atom. The van der Waals surface area contributed by atoms with E-state index in [2.05, 4.69) is 0 Å². The molecular formula is C14H28N2O3. The lowest BCUT2D eigenvalue weighted by Crippen LogP contribution is -2.56. The molecule has 5 heteroatoms. The average molecular weight is 272 g/mol. The zero-order chi connectivity index (χ0) is 14.9. The van der Waals surface area contributed by atoms with E-state index in [0.717, 1.165) is 0 Å². The van der Waals surface area contributed by atoms with Crippen LogP contribution < -0.4 is 5.73 Å². The first kappa shape index (κ1) is 16.2. The quantitative estimate of drug-likeness (QED) is 0.802. The van der Waals surface area contributed by atoms with Crippen molar-refractivity contribution in [3.8, 4) is 0 Å². The molecular weight excluding hydrogens is 244 g/mol. The van der Waals surface area contributed by atoms with Gasteiger partial charge in [-0.2, -0.15) is 0 Å². The van der Waals surface area contributed by atoms with Crippen molar-refractivity contribution in [2.75, 3.05) is 19.6 Å². The van der Waals surface area contributed by atoms with E-state index in [0.29, 0.717) is 32.5 Å². The van der Waals surface area contributed by atoms with Crippen LogP contribution in [0, 0.1) is 5.41 Å². The van der Waals surface area contributed by atoms with Gasteiger partial charge in [-0.3, -0.25) is 0 Å². The number of hydrogen-bond donors (Lipinski definition) is 2. The van der Waals surface area contributed by atoms with E-state index >= 15 is 0 Å². The maximum Gasteiger partial charge on any atom is 0.410 e. The number of carbonyl (C=O) groups excluding carboxylic acids is 1. The molecule has 1 aliphatic heterocycles. The molecule has 0 saturated carbocycles. The lowest BCUT2D eigenvalue weighted by atomic mass is 9.69. The molecule has 0 bridgehead atoms. The van der Waals surface area contributed by atoms with Crippen LogP contribution in [0.25, 0.3) is 0 Å². The van der Waals surface area contributed by atoms with Gasteiger partial charge in [-0.05, 0) is 33.6 Å². The number of aliphatic hydroxyl groups is 1. The molecule has 0 aromatic carbocycles. The van der Waals surface area contributed by atoms with Gasteiger partial charge in [-0.15, -0.1) is 0 Å². The van der Waals surface area contributed by atoms with Gasteiger partial charge in [0.25, 0.3) is 0 Å². The monoisotopic (exact) mass is 272 g/mol. The Hall–Kier alpha value is -0.810. The fourth-order valence-electron chi connectivity index (χ4n) is 2.25. The number of ether oxygens (including phenoxy) is 1. The van der Waals surface area contributed by atoms with Gasteiger partial charge >= 0.3 is 6.09 Å². The maximum absolute atomic E-state index is 11.9. The van der Waals surface area contributed by atoms with Crippen molar-refractivity contribution in [1.82, 2.24) is 4.90 Å². The number of piperidine rings is 1. The molecule has 0 radical (unpaired) electrons. The summed E-state index contributed by atoms with van der Waals surface area (Å²) < 4.78 is 5.34. The molecule has 0 aliphatic carbocycles. The van der Waals surface area contributed by atoms with E-state index in [1.165, 1.54) is 0 Å². The summed E-state index contributed by atoms with van der Waals surface area (Å²) in [4.78, 5) is 13.6. The third-order valence-electron chi connectivity index (χ3n) is 4.01. The summed E-state index contributed by atoms with van der Waals surface area (Å²) in [6.45, 7) is 10.9. The Morgan fingerprint density at radius 1 is 1.26 bits per heavy atom. The third-order valence-corrected chi connectivity index (χ3v) is 4.01. The van der Waals surface area contributed by atoms with Crippen molar-refractivity contribution in [3.63, 3.8) is 0 Å². The normalized spacial score (nSPS) is 20.3. The second kappa shape index (κ2) is 5.29. The smallest absolute Gasteiger partial charge is 0.410 e. The van der Waals surface area contributed by atoms with E-state index in [1.54, 1.807) is 4.90 Å². The second-order valence-electron chi connectivity index (χ2n) is 7.09. The molecule has 3 N–H and O–H groups in total. The zero-order valence-electron chi connectivity index (χ0n) is 12.8. The molecule has 0 unspecified atom stereocenters. The van der Waals surface area contributed by atoms with Crippen LogP contribution in [0.15, 0.2) is 0 Å². The Morgan fingerprint density at radius 3 is 2.11 bits per heavy atom. The van der Waals surface area contributed by atoms with E-state index in [-0.39, 0.29) is 11.5 Å². The molecule has 112 valence electrons. The Kier molecular flexibility index (Phi) is 4.52. The van der Waals surface area contributed by atoms with Crippen LogP contribution in [-0.2, 0) is 4.74 Å². The van der Waals surface area contributed by atoms with Crippen LogP contribution in [0.5, 0.6) is 0 Å². The molecule has 1 rings (SSSR count). The molecule has 5 nitrogen and oxygen atoms in total. The number of rotatable bonds is 2. The van der Waals surface area contributed by atoms with E-state index < -0.39 is 11.2 Å². The highest BCUT2D eigenvalue weighted by Gasteiger charge is 2.45. The Balaban J connectivity index is 2.60. The highest BCUT2D eigenvalue weighted by atomic mass is 16.6. The number of nitrogens with zero attached hydrogens (tertiary/aromatic N) is 1. The standard InChI is InChI=1S/C14H28N2O3/c1-12(2,3)19-11(17)16-8-6-14(18,7-9-16)13(4,5)10-15/h18H,6-10,15H2,1-5H3. The van der Waals surface area contributed by atoms with Crippen LogP contribution >= 0.6 is 0 Å². The lowest BCUT2D eigenvalue weighted by Gasteiger charge is -2.47. The molecule has 1 amide bonds. The SMILES string of the molecule is CC(C)(C)OC(=O)N1CCC(O)(C(C)(C)CN)CC1. The van der Waals surface area contributed by atoms with E-state index in [4.69, 9.17) is 10.5 Å². The molecule has 1 aliphatic rings. The number of carbonyl (C=O) groups is 1. The van der Waals surface area contributed by atoms with Crippen LogP contribution in [0.2, 0.25) is 0 Å². The maximum atomic E-state index is 11.9. The minimum Gasteiger partial charge on any atom is -0.444 e. The molecule has 19 heavy (non-hydrogen) atoms. The van der Waals surface area contributed by atoms with Gasteiger partial charge in [0.2, 0.25) is 0 Å². The van der Waals surface area contributed by atoms with Gasteiger partial charge in [-0.25, -0.2) is 4.79 Å². The highest BCUT2D eigenvalue weighted by molar-refractivity contribution is 5.68. The highest BCUT2D eigenvalue weighted by Crippen LogP contribution is 2.38. The van der Waals surface area contributed by atoms with Crippen molar-refractivity contribution in [2.24, 2.45) is 11.1 Å². The fraction of sp³-hybridized carbons (Fsp3) is 0.929. The summed E-state index contributed by atoms with van der Waals surface area (Å²) in [6, 6.07) is 0. The Labute approximate surface area is 116 Å². The summed E-state index contributed by atoms with van der Waals surface area (Å²) in [5.74, 6) is 0. The third kappa shape index (κ3) is 3.83. The minimum absolute atomic E-state index is 0.305. The van der Waals surface area contributed by atoms with Crippen molar-refractivity contribution < 1.29 is 14.6 Å². The minimum atomic E-state index is -0.805. The fourth-order valence-corrected chi connectivity index (χ4v) is 2.25. The summed E-state index contributed by atoms with van der Waals surface area (Å²) in [5, 5.41) is 10.7. The summed E-state index contributed by atoms with van der Waals surface area (Å²) >= 11 is 0. The predicted octanol–water partition coefficient (Wildman–Crippen LogP) is 1.73. The van der Waals surface area contributed by atoms with Gasteiger partial charge in [0.05, 0.1) is 5.60 Å². The summed E-state index contributed by atoms with van der Waals surface area (Å²) in [7, 11) is 0. The van der Waals surface area contributed by atoms with Gasteiger partial charge in [0.15, 0.2) is 0 Å². The van der Waals surface area contributed by atoms with Crippen LogP contribution in [0.1, 0.15) is 47.5 Å². The first-order valence-electron chi connectivity index (χ1n) is 6.91. The summed E-state index contributed by atoms with van der Waals surface area (Å²) in [5.41, 5.74) is 4.10. The first-order valence-corrected chi connectivity index (χ1v) is 6.91. The molecule has 0 atom stereocenters. The van der Waals surface area contributed by atoms with Gasteiger partial charge in [0, 0.05) is 25.0 Å². The molecule has 1 fully saturated rings. The number of likely N-dealkylation sites (tertiary alicyclic amines) is 1. The molecule has 1 saturated heterocycles. The number of hydrogen-bond acceptors (Lipinski definition) is 4. The molecule has 0 aromatic rings. The first-order chi connectivity index (χ1) is 8.51. The molecule has 0 spiro atoms. The van der Waals surface area contributed by atoms with Gasteiger partial charge in [-0.1, -0.05) is 13.8 Å². The average Bonchev–Trinajstić information content (AvgIpc) is 2.27. The van der Waals surface area contributed by atoms with Crippen molar-refractivity contribution in [1.29, 1.82) is 0 Å². The topological polar surface area (TPSA) is 75.8 Å². The van der Waals surface area contributed by atoms with Crippen LogP contribution in [-0.4, -0.2) is 46.9 Å². The predicted molar refractivity (Wildman–Crippen MR) is 74.8 cm³/mol. The van der Waals surface area contributed by atoms with Gasteiger partial charge < -0.3 is 20.5 Å². The lowest BCUT2D eigenvalue weighted by molar-refractivity contribution is -0.102. The van der Waals surface area contributed by atoms with Crippen molar-refractivity contribution >= 4 is 6.09 Å². The molecule has 1 heterocycles.